The molecule has 0 aliphatic heterocycles. The molecule has 0 unspecified atom stereocenters. The van der Waals surface area contributed by atoms with Crippen molar-refractivity contribution in [3.05, 3.63) is 58.6 Å². The highest BCUT2D eigenvalue weighted by atomic mass is 35.5. The molecular weight excluding hydrogens is 288 g/mol. The lowest BCUT2D eigenvalue weighted by molar-refractivity contribution is -0.117. The predicted molar refractivity (Wildman–Crippen MR) is 84.6 cm³/mol. The van der Waals surface area contributed by atoms with Crippen LogP contribution in [0.2, 0.25) is 5.02 Å². The molecule has 0 heterocycles. The molecule has 110 valence electrons. The second kappa shape index (κ2) is 6.61. The smallest absolute Gasteiger partial charge is 0.241 e. The van der Waals surface area contributed by atoms with Gasteiger partial charge in [-0.25, -0.2) is 0 Å². The third kappa shape index (κ3) is 3.97. The van der Waals surface area contributed by atoms with E-state index >= 15 is 0 Å². The molecule has 0 saturated carbocycles. The number of benzene rings is 2. The summed E-state index contributed by atoms with van der Waals surface area (Å²) in [5, 5.41) is 12.6. The fourth-order valence-electron chi connectivity index (χ4n) is 1.95. The van der Waals surface area contributed by atoms with E-state index in [1.807, 2.05) is 6.92 Å². The minimum Gasteiger partial charge on any atom is -0.508 e. The number of nitrogens with one attached hydrogen (secondary N) is 1. The van der Waals surface area contributed by atoms with Gasteiger partial charge >= 0.3 is 0 Å². The maximum Gasteiger partial charge on any atom is 0.241 e. The second-order valence-corrected chi connectivity index (χ2v) is 5.29. The lowest BCUT2D eigenvalue weighted by Gasteiger charge is -2.14. The van der Waals surface area contributed by atoms with Gasteiger partial charge in [0.1, 0.15) is 5.75 Å². The van der Waals surface area contributed by atoms with E-state index in [0.29, 0.717) is 17.1 Å². The van der Waals surface area contributed by atoms with Crippen LogP contribution in [0.25, 0.3) is 0 Å². The molecule has 4 nitrogen and oxygen atoms in total. The Balaban J connectivity index is 2.02. The number of hydrogen-bond acceptors (Lipinski definition) is 3. The molecule has 0 bridgehead atoms. The van der Waals surface area contributed by atoms with Gasteiger partial charge in [-0.1, -0.05) is 29.8 Å². The minimum atomic E-state index is -0.673. The number of carbonyl (C=O) groups excluding carboxylic acids is 1. The molecule has 2 aromatic carbocycles. The van der Waals surface area contributed by atoms with Gasteiger partial charge in [0.05, 0.1) is 6.04 Å². The Bertz CT molecular complexity index is 641. The fourth-order valence-corrected chi connectivity index (χ4v) is 2.12. The Labute approximate surface area is 128 Å². The van der Waals surface area contributed by atoms with Gasteiger partial charge in [-0.3, -0.25) is 4.79 Å². The van der Waals surface area contributed by atoms with E-state index in [-0.39, 0.29) is 11.7 Å². The zero-order valence-corrected chi connectivity index (χ0v) is 12.4. The summed E-state index contributed by atoms with van der Waals surface area (Å²) in [4.78, 5) is 12.1. The number of carbonyl (C=O) groups is 1. The van der Waals surface area contributed by atoms with Crippen molar-refractivity contribution in [2.45, 2.75) is 19.4 Å². The van der Waals surface area contributed by atoms with Crippen molar-refractivity contribution in [1.29, 1.82) is 0 Å². The van der Waals surface area contributed by atoms with Crippen LogP contribution in [-0.2, 0) is 11.2 Å². The Morgan fingerprint density at radius 1 is 1.29 bits per heavy atom. The van der Waals surface area contributed by atoms with Crippen molar-refractivity contribution >= 4 is 23.2 Å². The molecule has 1 atom stereocenters. The molecular formula is C16H17ClN2O2. The zero-order chi connectivity index (χ0) is 15.4. The van der Waals surface area contributed by atoms with E-state index in [4.69, 9.17) is 17.3 Å². The van der Waals surface area contributed by atoms with Crippen LogP contribution in [0.4, 0.5) is 5.69 Å². The molecule has 2 rings (SSSR count). The molecule has 0 aromatic heterocycles. The number of anilines is 1. The maximum absolute atomic E-state index is 12.1. The van der Waals surface area contributed by atoms with Crippen molar-refractivity contribution in [2.75, 3.05) is 5.32 Å². The van der Waals surface area contributed by atoms with Crippen LogP contribution >= 0.6 is 11.6 Å². The normalized spacial score (nSPS) is 12.0. The lowest BCUT2D eigenvalue weighted by Crippen LogP contribution is -2.37. The summed E-state index contributed by atoms with van der Waals surface area (Å²) in [6.07, 6.45) is 0.395. The summed E-state index contributed by atoms with van der Waals surface area (Å²) < 4.78 is 0. The Morgan fingerprint density at radius 3 is 2.62 bits per heavy atom. The first-order valence-corrected chi connectivity index (χ1v) is 6.94. The van der Waals surface area contributed by atoms with Gasteiger partial charge in [0, 0.05) is 10.7 Å². The van der Waals surface area contributed by atoms with Crippen LogP contribution in [0.3, 0.4) is 0 Å². The van der Waals surface area contributed by atoms with Crippen LogP contribution in [0.15, 0.2) is 42.5 Å². The van der Waals surface area contributed by atoms with Crippen molar-refractivity contribution in [3.8, 4) is 5.75 Å². The number of aromatic hydroxyl groups is 1. The molecule has 21 heavy (non-hydrogen) atoms. The van der Waals surface area contributed by atoms with Crippen molar-refractivity contribution in [1.82, 2.24) is 0 Å². The van der Waals surface area contributed by atoms with Crippen molar-refractivity contribution in [3.63, 3.8) is 0 Å². The molecule has 2 aromatic rings. The predicted octanol–water partition coefficient (Wildman–Crippen LogP) is 2.86. The van der Waals surface area contributed by atoms with Crippen molar-refractivity contribution < 1.29 is 9.90 Å². The largest absolute Gasteiger partial charge is 0.508 e. The monoisotopic (exact) mass is 304 g/mol. The third-order valence-electron chi connectivity index (χ3n) is 3.25. The summed E-state index contributed by atoms with van der Waals surface area (Å²) >= 11 is 6.02. The number of phenolic OH excluding ortho intramolecular Hbond substituents is 1. The molecule has 0 radical (unpaired) electrons. The summed E-state index contributed by atoms with van der Waals surface area (Å²) in [6.45, 7) is 1.84. The average Bonchev–Trinajstić information content (AvgIpc) is 2.46. The molecule has 0 aliphatic rings. The number of nitrogens with two attached hydrogens (primary N) is 1. The topological polar surface area (TPSA) is 75.4 Å². The van der Waals surface area contributed by atoms with Crippen LogP contribution in [0.1, 0.15) is 11.1 Å². The second-order valence-electron chi connectivity index (χ2n) is 4.88. The van der Waals surface area contributed by atoms with E-state index in [1.165, 1.54) is 0 Å². The third-order valence-corrected chi connectivity index (χ3v) is 3.66. The summed E-state index contributed by atoms with van der Waals surface area (Å²) in [7, 11) is 0. The molecule has 5 heteroatoms. The number of rotatable bonds is 4. The number of hydrogen-bond donors (Lipinski definition) is 3. The highest BCUT2D eigenvalue weighted by Gasteiger charge is 2.15. The van der Waals surface area contributed by atoms with Crippen LogP contribution < -0.4 is 11.1 Å². The van der Waals surface area contributed by atoms with E-state index in [0.717, 1.165) is 11.1 Å². The quantitative estimate of drug-likeness (QED) is 0.813. The van der Waals surface area contributed by atoms with E-state index < -0.39 is 6.04 Å². The SMILES string of the molecule is Cc1c(Cl)cccc1NC(=O)[C@@H](N)Cc1ccc(O)cc1. The fraction of sp³-hybridized carbons (Fsp3) is 0.188. The highest BCUT2D eigenvalue weighted by molar-refractivity contribution is 6.31. The van der Waals surface area contributed by atoms with E-state index in [1.54, 1.807) is 42.5 Å². The van der Waals surface area contributed by atoms with Crippen LogP contribution in [0.5, 0.6) is 5.75 Å². The Morgan fingerprint density at radius 2 is 1.95 bits per heavy atom. The van der Waals surface area contributed by atoms with Gasteiger partial charge in [0.2, 0.25) is 5.91 Å². The van der Waals surface area contributed by atoms with Gasteiger partial charge in [-0.2, -0.15) is 0 Å². The molecule has 0 aliphatic carbocycles. The molecule has 1 amide bonds. The first-order chi connectivity index (χ1) is 9.97. The number of phenols is 1. The number of halogens is 1. The van der Waals surface area contributed by atoms with Gasteiger partial charge < -0.3 is 16.2 Å². The van der Waals surface area contributed by atoms with Crippen LogP contribution in [-0.4, -0.2) is 17.1 Å². The van der Waals surface area contributed by atoms with Gasteiger partial charge in [-0.05, 0) is 48.7 Å². The van der Waals surface area contributed by atoms with Gasteiger partial charge in [0.15, 0.2) is 0 Å². The first kappa shape index (κ1) is 15.4. The Hall–Kier alpha value is -2.04. The molecule has 4 N–H and O–H groups in total. The molecule has 0 spiro atoms. The maximum atomic E-state index is 12.1. The zero-order valence-electron chi connectivity index (χ0n) is 11.6. The average molecular weight is 305 g/mol. The summed E-state index contributed by atoms with van der Waals surface area (Å²) in [5.74, 6) is -0.0835. The van der Waals surface area contributed by atoms with Crippen molar-refractivity contribution in [2.24, 2.45) is 5.73 Å². The van der Waals surface area contributed by atoms with Gasteiger partial charge in [0.25, 0.3) is 0 Å². The standard InChI is InChI=1S/C16H17ClN2O2/c1-10-13(17)3-2-4-15(10)19-16(21)14(18)9-11-5-7-12(20)8-6-11/h2-8,14,20H,9,18H2,1H3,(H,19,21)/t14-/m0/s1. The van der Waals surface area contributed by atoms with Gasteiger partial charge in [-0.15, -0.1) is 0 Å². The first-order valence-electron chi connectivity index (χ1n) is 6.57. The Kier molecular flexibility index (Phi) is 4.83. The molecule has 0 saturated heterocycles. The van der Waals surface area contributed by atoms with E-state index in [2.05, 4.69) is 5.32 Å². The summed E-state index contributed by atoms with van der Waals surface area (Å²) in [6, 6.07) is 11.3. The molecule has 0 fully saturated rings. The minimum absolute atomic E-state index is 0.186. The van der Waals surface area contributed by atoms with Crippen LogP contribution in [0, 0.1) is 6.92 Å². The lowest BCUT2D eigenvalue weighted by atomic mass is 10.1. The summed E-state index contributed by atoms with van der Waals surface area (Å²) in [5.41, 5.74) is 8.27. The highest BCUT2D eigenvalue weighted by Crippen LogP contribution is 2.23. The number of amides is 1. The van der Waals surface area contributed by atoms with E-state index in [9.17, 15) is 9.90 Å².